The van der Waals surface area contributed by atoms with E-state index in [-0.39, 0.29) is 0 Å². The maximum absolute atomic E-state index is 6.16. The van der Waals surface area contributed by atoms with Crippen LogP contribution in [0.4, 0.5) is 0 Å². The summed E-state index contributed by atoms with van der Waals surface area (Å²) in [6.45, 7) is 0. The van der Waals surface area contributed by atoms with Gasteiger partial charge in [-0.2, -0.15) is 0 Å². The zero-order chi connectivity index (χ0) is 20.1. The molecule has 0 aliphatic heterocycles. The maximum Gasteiger partial charge on any atom is 0.0999 e. The topological polar surface area (TPSA) is 0 Å². The lowest BCUT2D eigenvalue weighted by molar-refractivity contribution is 1.31. The highest BCUT2D eigenvalue weighted by Crippen LogP contribution is 2.61. The van der Waals surface area contributed by atoms with Crippen LogP contribution in [-0.2, 0) is 12.3 Å². The molecule has 0 spiro atoms. The Kier molecular flexibility index (Phi) is 6.36. The molecule has 0 amide bonds. The van der Waals surface area contributed by atoms with Crippen LogP contribution in [0.15, 0.2) is 109 Å². The summed E-state index contributed by atoms with van der Waals surface area (Å²) in [5, 5.41) is 4.37. The number of hydrogen-bond acceptors (Lipinski definition) is 0. The monoisotopic (exact) mass is 435 g/mol. The number of hydrogen-bond donors (Lipinski definition) is 0. The highest BCUT2D eigenvalue weighted by atomic mass is 35.5. The van der Waals surface area contributed by atoms with Crippen molar-refractivity contribution in [3.8, 4) is 0 Å². The Morgan fingerprint density at radius 3 is 1.14 bits per heavy atom. The summed E-state index contributed by atoms with van der Waals surface area (Å²) < 4.78 is 0. The normalized spacial score (nSPS) is 11.4. The van der Waals surface area contributed by atoms with E-state index in [1.807, 2.05) is 24.3 Å². The van der Waals surface area contributed by atoms with Gasteiger partial charge in [0.25, 0.3) is 0 Å². The minimum atomic E-state index is -1.76. The molecule has 3 heteroatoms. The SMILES string of the molecule is Clc1ccc(C[P+](Cc2ccc(Cl)cc2)(c2ccccc2)c2ccccc2)cc1. The fourth-order valence-electron chi connectivity index (χ4n) is 3.80. The minimum absolute atomic E-state index is 0.773. The van der Waals surface area contributed by atoms with Crippen LogP contribution in [0.3, 0.4) is 0 Å². The molecule has 4 rings (SSSR count). The van der Waals surface area contributed by atoms with E-state index in [9.17, 15) is 0 Å². The molecule has 144 valence electrons. The van der Waals surface area contributed by atoms with Crippen molar-refractivity contribution in [2.75, 3.05) is 0 Å². The van der Waals surface area contributed by atoms with Gasteiger partial charge >= 0.3 is 0 Å². The number of benzene rings is 4. The second-order valence-electron chi connectivity index (χ2n) is 7.21. The van der Waals surface area contributed by atoms with Crippen LogP contribution in [0.2, 0.25) is 10.0 Å². The molecule has 0 saturated heterocycles. The average molecular weight is 436 g/mol. The van der Waals surface area contributed by atoms with Gasteiger partial charge in [-0.3, -0.25) is 0 Å². The van der Waals surface area contributed by atoms with E-state index in [2.05, 4.69) is 84.9 Å². The van der Waals surface area contributed by atoms with Crippen molar-refractivity contribution >= 4 is 41.1 Å². The van der Waals surface area contributed by atoms with Gasteiger partial charge in [0.15, 0.2) is 0 Å². The van der Waals surface area contributed by atoms with E-state index in [0.717, 1.165) is 22.4 Å². The molecule has 0 radical (unpaired) electrons. The summed E-state index contributed by atoms with van der Waals surface area (Å²) in [5.41, 5.74) is 2.62. The lowest BCUT2D eigenvalue weighted by atomic mass is 10.2. The highest BCUT2D eigenvalue weighted by molar-refractivity contribution is 7.88. The molecule has 0 aromatic heterocycles. The molecule has 0 heterocycles. The summed E-state index contributed by atoms with van der Waals surface area (Å²) in [4.78, 5) is 0. The third-order valence-corrected chi connectivity index (χ3v) is 10.1. The Morgan fingerprint density at radius 1 is 0.448 bits per heavy atom. The van der Waals surface area contributed by atoms with Gasteiger partial charge in [0.1, 0.15) is 0 Å². The first-order valence-corrected chi connectivity index (χ1v) is 12.5. The van der Waals surface area contributed by atoms with Crippen LogP contribution >= 0.6 is 30.5 Å². The van der Waals surface area contributed by atoms with E-state index < -0.39 is 7.26 Å². The standard InChI is InChI=1S/C26H22Cl2P/c27-23-15-11-21(12-16-23)19-29(25-7-3-1-4-8-25,26-9-5-2-6-10-26)20-22-13-17-24(28)18-14-22/h1-18H,19-20H2/q+1. The van der Waals surface area contributed by atoms with Crippen molar-refractivity contribution in [1.82, 2.24) is 0 Å². The van der Waals surface area contributed by atoms with Crippen molar-refractivity contribution < 1.29 is 0 Å². The molecule has 0 aliphatic rings. The van der Waals surface area contributed by atoms with E-state index >= 15 is 0 Å². The molecule has 0 nitrogen and oxygen atoms in total. The minimum Gasteiger partial charge on any atom is -0.0843 e. The maximum atomic E-state index is 6.16. The second-order valence-corrected chi connectivity index (χ2v) is 11.7. The van der Waals surface area contributed by atoms with Gasteiger partial charge in [-0.1, -0.05) is 83.9 Å². The van der Waals surface area contributed by atoms with Crippen LogP contribution < -0.4 is 10.6 Å². The van der Waals surface area contributed by atoms with Crippen LogP contribution in [-0.4, -0.2) is 0 Å². The van der Waals surface area contributed by atoms with Crippen molar-refractivity contribution in [3.63, 3.8) is 0 Å². The Labute approximate surface area is 183 Å². The largest absolute Gasteiger partial charge is 0.0999 e. The third-order valence-electron chi connectivity index (χ3n) is 5.23. The molecule has 0 saturated carbocycles. The fraction of sp³-hybridized carbons (Fsp3) is 0.0769. The molecule has 0 atom stereocenters. The second kappa shape index (κ2) is 9.14. The van der Waals surface area contributed by atoms with Crippen molar-refractivity contribution in [2.45, 2.75) is 12.3 Å². The van der Waals surface area contributed by atoms with Crippen molar-refractivity contribution in [1.29, 1.82) is 0 Å². The summed E-state index contributed by atoms with van der Waals surface area (Å²) in [5.74, 6) is 0. The number of rotatable bonds is 6. The van der Waals surface area contributed by atoms with Gasteiger partial charge in [0, 0.05) is 10.0 Å². The fourth-order valence-corrected chi connectivity index (χ4v) is 8.35. The van der Waals surface area contributed by atoms with Crippen LogP contribution in [0.5, 0.6) is 0 Å². The lowest BCUT2D eigenvalue weighted by Gasteiger charge is -2.28. The molecular formula is C26H22Cl2P+. The summed E-state index contributed by atoms with van der Waals surface area (Å²) in [6, 6.07) is 38.5. The van der Waals surface area contributed by atoms with Gasteiger partial charge < -0.3 is 0 Å². The summed E-state index contributed by atoms with van der Waals surface area (Å²) >= 11 is 12.3. The Bertz CT molecular complexity index is 954. The predicted octanol–water partition coefficient (Wildman–Crippen LogP) is 7.36. The van der Waals surface area contributed by atoms with Gasteiger partial charge in [-0.05, 0) is 59.7 Å². The third kappa shape index (κ3) is 4.73. The van der Waals surface area contributed by atoms with E-state index in [1.54, 1.807) is 0 Å². The van der Waals surface area contributed by atoms with E-state index in [4.69, 9.17) is 23.2 Å². The zero-order valence-corrected chi connectivity index (χ0v) is 18.4. The van der Waals surface area contributed by atoms with Gasteiger partial charge in [0.05, 0.1) is 30.2 Å². The number of halogens is 2. The van der Waals surface area contributed by atoms with E-state index in [1.165, 1.54) is 21.7 Å². The van der Waals surface area contributed by atoms with Gasteiger partial charge in [-0.25, -0.2) is 0 Å². The zero-order valence-electron chi connectivity index (χ0n) is 16.0. The van der Waals surface area contributed by atoms with Crippen LogP contribution in [0, 0.1) is 0 Å². The average Bonchev–Trinajstić information content (AvgIpc) is 2.77. The molecule has 0 N–H and O–H groups in total. The van der Waals surface area contributed by atoms with Gasteiger partial charge in [0.2, 0.25) is 0 Å². The molecule has 0 fully saturated rings. The van der Waals surface area contributed by atoms with Crippen LogP contribution in [0.25, 0.3) is 0 Å². The molecule has 4 aromatic carbocycles. The quantitative estimate of drug-likeness (QED) is 0.277. The molecule has 0 unspecified atom stereocenters. The Hall–Kier alpha value is -2.11. The highest BCUT2D eigenvalue weighted by Gasteiger charge is 2.43. The first kappa shape index (κ1) is 20.2. The lowest BCUT2D eigenvalue weighted by Crippen LogP contribution is -2.25. The van der Waals surface area contributed by atoms with Gasteiger partial charge in [-0.15, -0.1) is 0 Å². The predicted molar refractivity (Wildman–Crippen MR) is 129 cm³/mol. The Morgan fingerprint density at radius 2 is 0.793 bits per heavy atom. The van der Waals surface area contributed by atoms with Crippen molar-refractivity contribution in [2.24, 2.45) is 0 Å². The molecule has 29 heavy (non-hydrogen) atoms. The molecule has 0 aliphatic carbocycles. The summed E-state index contributed by atoms with van der Waals surface area (Å²) in [7, 11) is -1.76. The Balaban J connectivity index is 1.88. The summed E-state index contributed by atoms with van der Waals surface area (Å²) in [6.07, 6.45) is 1.97. The molecule has 4 aromatic rings. The molecule has 0 bridgehead atoms. The first-order chi connectivity index (χ1) is 14.2. The van der Waals surface area contributed by atoms with Crippen molar-refractivity contribution in [3.05, 3.63) is 130 Å². The first-order valence-electron chi connectivity index (χ1n) is 9.63. The molecular weight excluding hydrogens is 414 g/mol. The smallest absolute Gasteiger partial charge is 0.0843 e. The van der Waals surface area contributed by atoms with Crippen LogP contribution in [0.1, 0.15) is 11.1 Å². The van der Waals surface area contributed by atoms with E-state index in [0.29, 0.717) is 0 Å².